The van der Waals surface area contributed by atoms with Crippen LogP contribution in [0.2, 0.25) is 0 Å². The number of nitrogens with two attached hydrogens (primary N) is 1. The van der Waals surface area contributed by atoms with E-state index in [9.17, 15) is 4.39 Å². The molecule has 1 unspecified atom stereocenters. The van der Waals surface area contributed by atoms with E-state index in [4.69, 9.17) is 5.73 Å². The Hall–Kier alpha value is -1.48. The molecule has 0 aliphatic rings. The molecular formula is C15H19FN2. The van der Waals surface area contributed by atoms with E-state index in [-0.39, 0.29) is 12.5 Å². The minimum Gasteiger partial charge on any atom is -0.327 e. The Morgan fingerprint density at radius 2 is 2.00 bits per heavy atom. The van der Waals surface area contributed by atoms with E-state index in [2.05, 4.69) is 4.98 Å². The summed E-state index contributed by atoms with van der Waals surface area (Å²) in [5.74, 6) is -0.154. The lowest BCUT2D eigenvalue weighted by atomic mass is 9.84. The van der Waals surface area contributed by atoms with Gasteiger partial charge in [-0.25, -0.2) is 4.39 Å². The van der Waals surface area contributed by atoms with Gasteiger partial charge in [0, 0.05) is 17.6 Å². The number of aryl methyl sites for hydroxylation is 1. The van der Waals surface area contributed by atoms with Crippen molar-refractivity contribution >= 4 is 10.9 Å². The first-order valence-electron chi connectivity index (χ1n) is 6.24. The molecule has 0 amide bonds. The standard InChI is InChI=1S/C15H19FN2/c1-10(2)15(16,9-17)13-6-7-14-12(8-13)5-4-11(3)18-14/h4-8,10H,9,17H2,1-3H3. The Labute approximate surface area is 107 Å². The van der Waals surface area contributed by atoms with Crippen LogP contribution in [0.3, 0.4) is 0 Å². The number of aromatic nitrogens is 1. The Bertz CT molecular complexity index is 565. The molecule has 0 saturated carbocycles. The van der Waals surface area contributed by atoms with Crippen LogP contribution in [0.4, 0.5) is 4.39 Å². The number of halogens is 1. The smallest absolute Gasteiger partial charge is 0.150 e. The van der Waals surface area contributed by atoms with Crippen molar-refractivity contribution in [1.29, 1.82) is 0 Å². The van der Waals surface area contributed by atoms with Gasteiger partial charge in [-0.15, -0.1) is 0 Å². The van der Waals surface area contributed by atoms with Crippen LogP contribution in [-0.2, 0) is 5.67 Å². The van der Waals surface area contributed by atoms with Crippen LogP contribution >= 0.6 is 0 Å². The zero-order chi connectivity index (χ0) is 13.3. The van der Waals surface area contributed by atoms with Crippen molar-refractivity contribution in [1.82, 2.24) is 4.98 Å². The predicted octanol–water partition coefficient (Wildman–Crippen LogP) is 3.32. The lowest BCUT2D eigenvalue weighted by Crippen LogP contribution is -2.35. The summed E-state index contributed by atoms with van der Waals surface area (Å²) in [6, 6.07) is 9.42. The van der Waals surface area contributed by atoms with Crippen LogP contribution in [0, 0.1) is 12.8 Å². The molecule has 0 fully saturated rings. The number of fused-ring (bicyclic) bond motifs is 1. The quantitative estimate of drug-likeness (QED) is 0.902. The topological polar surface area (TPSA) is 38.9 Å². The molecule has 2 rings (SSSR count). The van der Waals surface area contributed by atoms with Gasteiger partial charge in [-0.05, 0) is 36.6 Å². The van der Waals surface area contributed by atoms with Gasteiger partial charge in [0.15, 0.2) is 0 Å². The highest BCUT2D eigenvalue weighted by Crippen LogP contribution is 2.34. The lowest BCUT2D eigenvalue weighted by Gasteiger charge is -2.28. The third kappa shape index (κ3) is 2.10. The fourth-order valence-electron chi connectivity index (χ4n) is 2.17. The summed E-state index contributed by atoms with van der Waals surface area (Å²) >= 11 is 0. The van der Waals surface area contributed by atoms with Crippen molar-refractivity contribution in [3.8, 4) is 0 Å². The van der Waals surface area contributed by atoms with E-state index < -0.39 is 5.67 Å². The van der Waals surface area contributed by atoms with Crippen LogP contribution in [0.15, 0.2) is 30.3 Å². The molecule has 0 bridgehead atoms. The molecule has 18 heavy (non-hydrogen) atoms. The average Bonchev–Trinajstić information content (AvgIpc) is 2.36. The van der Waals surface area contributed by atoms with E-state index >= 15 is 0 Å². The Kier molecular flexibility index (Phi) is 3.35. The van der Waals surface area contributed by atoms with E-state index in [0.29, 0.717) is 5.56 Å². The van der Waals surface area contributed by atoms with E-state index in [0.717, 1.165) is 16.6 Å². The summed E-state index contributed by atoms with van der Waals surface area (Å²) in [6.07, 6.45) is 0. The van der Waals surface area contributed by atoms with Crippen LogP contribution in [0.5, 0.6) is 0 Å². The van der Waals surface area contributed by atoms with Gasteiger partial charge in [-0.3, -0.25) is 4.98 Å². The van der Waals surface area contributed by atoms with Gasteiger partial charge >= 0.3 is 0 Å². The molecular weight excluding hydrogens is 227 g/mol. The zero-order valence-electron chi connectivity index (χ0n) is 11.1. The van der Waals surface area contributed by atoms with Crippen LogP contribution in [-0.4, -0.2) is 11.5 Å². The van der Waals surface area contributed by atoms with Crippen LogP contribution in [0.25, 0.3) is 10.9 Å². The molecule has 96 valence electrons. The van der Waals surface area contributed by atoms with Crippen molar-refractivity contribution in [2.75, 3.05) is 6.54 Å². The maximum Gasteiger partial charge on any atom is 0.150 e. The van der Waals surface area contributed by atoms with Crippen molar-refractivity contribution < 1.29 is 4.39 Å². The molecule has 0 saturated heterocycles. The number of hydrogen-bond donors (Lipinski definition) is 1. The van der Waals surface area contributed by atoms with Gasteiger partial charge in [0.05, 0.1) is 5.52 Å². The number of rotatable bonds is 3. The Balaban J connectivity index is 2.56. The molecule has 2 aromatic rings. The molecule has 1 heterocycles. The number of hydrogen-bond acceptors (Lipinski definition) is 2. The van der Waals surface area contributed by atoms with Crippen molar-refractivity contribution in [2.24, 2.45) is 11.7 Å². The number of nitrogens with zero attached hydrogens (tertiary/aromatic N) is 1. The van der Waals surface area contributed by atoms with Gasteiger partial charge in [-0.2, -0.15) is 0 Å². The average molecular weight is 246 g/mol. The van der Waals surface area contributed by atoms with Gasteiger partial charge in [0.25, 0.3) is 0 Å². The highest BCUT2D eigenvalue weighted by atomic mass is 19.1. The summed E-state index contributed by atoms with van der Waals surface area (Å²) in [5.41, 5.74) is 6.63. The highest BCUT2D eigenvalue weighted by Gasteiger charge is 2.34. The lowest BCUT2D eigenvalue weighted by molar-refractivity contribution is 0.109. The van der Waals surface area contributed by atoms with Gasteiger partial charge < -0.3 is 5.73 Å². The summed E-state index contributed by atoms with van der Waals surface area (Å²) < 4.78 is 14.8. The second kappa shape index (κ2) is 4.65. The summed E-state index contributed by atoms with van der Waals surface area (Å²) in [6.45, 7) is 5.64. The Morgan fingerprint density at radius 3 is 2.61 bits per heavy atom. The predicted molar refractivity (Wildman–Crippen MR) is 73.2 cm³/mol. The third-order valence-electron chi connectivity index (χ3n) is 3.52. The number of benzene rings is 1. The summed E-state index contributed by atoms with van der Waals surface area (Å²) in [5, 5.41) is 0.953. The first-order valence-corrected chi connectivity index (χ1v) is 6.24. The van der Waals surface area contributed by atoms with E-state index in [1.165, 1.54) is 0 Å². The second-order valence-corrected chi connectivity index (χ2v) is 5.08. The summed E-state index contributed by atoms with van der Waals surface area (Å²) in [4.78, 5) is 4.42. The molecule has 3 heteroatoms. The SMILES string of the molecule is Cc1ccc2cc(C(F)(CN)C(C)C)ccc2n1. The van der Waals surface area contributed by atoms with Crippen LogP contribution < -0.4 is 5.73 Å². The first kappa shape index (κ1) is 13.0. The van der Waals surface area contributed by atoms with E-state index in [1.807, 2.05) is 45.0 Å². The third-order valence-corrected chi connectivity index (χ3v) is 3.52. The first-order chi connectivity index (χ1) is 8.47. The fourth-order valence-corrected chi connectivity index (χ4v) is 2.17. The molecule has 2 nitrogen and oxygen atoms in total. The largest absolute Gasteiger partial charge is 0.327 e. The molecule has 2 N–H and O–H groups in total. The van der Waals surface area contributed by atoms with E-state index in [1.54, 1.807) is 6.07 Å². The van der Waals surface area contributed by atoms with Gasteiger partial charge in [0.1, 0.15) is 5.67 Å². The molecule has 1 aromatic carbocycles. The fraction of sp³-hybridized carbons (Fsp3) is 0.400. The Morgan fingerprint density at radius 1 is 1.28 bits per heavy atom. The second-order valence-electron chi connectivity index (χ2n) is 5.08. The minimum atomic E-state index is -1.47. The molecule has 1 atom stereocenters. The molecule has 0 aliphatic heterocycles. The van der Waals surface area contributed by atoms with Crippen molar-refractivity contribution in [2.45, 2.75) is 26.4 Å². The highest BCUT2D eigenvalue weighted by molar-refractivity contribution is 5.79. The minimum absolute atomic E-state index is 0.00450. The van der Waals surface area contributed by atoms with Gasteiger partial charge in [0.2, 0.25) is 0 Å². The molecule has 0 radical (unpaired) electrons. The monoisotopic (exact) mass is 246 g/mol. The number of pyridine rings is 1. The van der Waals surface area contributed by atoms with Crippen LogP contribution in [0.1, 0.15) is 25.1 Å². The molecule has 0 aliphatic carbocycles. The normalized spacial score (nSPS) is 15.0. The summed E-state index contributed by atoms with van der Waals surface area (Å²) in [7, 11) is 0. The maximum atomic E-state index is 14.8. The molecule has 0 spiro atoms. The van der Waals surface area contributed by atoms with Crippen molar-refractivity contribution in [3.05, 3.63) is 41.6 Å². The maximum absolute atomic E-state index is 14.8. The molecule has 1 aromatic heterocycles. The van der Waals surface area contributed by atoms with Crippen molar-refractivity contribution in [3.63, 3.8) is 0 Å². The zero-order valence-corrected chi connectivity index (χ0v) is 11.1. The van der Waals surface area contributed by atoms with Gasteiger partial charge in [-0.1, -0.05) is 26.0 Å². The number of alkyl halides is 1.